The number of ether oxygens (including phenoxy) is 3. The molecule has 0 radical (unpaired) electrons. The molecule has 2 aliphatic rings. The van der Waals surface area contributed by atoms with Crippen molar-refractivity contribution in [2.24, 2.45) is 0 Å². The zero-order valence-electron chi connectivity index (χ0n) is 11.7. The van der Waals surface area contributed by atoms with Gasteiger partial charge in [0.15, 0.2) is 12.4 Å². The van der Waals surface area contributed by atoms with Gasteiger partial charge in [0, 0.05) is 13.1 Å². The fraction of sp³-hybridized carbons (Fsp3) is 0.400. The summed E-state index contributed by atoms with van der Waals surface area (Å²) < 4.78 is 16.4. The predicted octanol–water partition coefficient (Wildman–Crippen LogP) is 0.912. The van der Waals surface area contributed by atoms with E-state index < -0.39 is 0 Å². The van der Waals surface area contributed by atoms with E-state index in [1.54, 1.807) is 17.0 Å². The predicted molar refractivity (Wildman–Crippen MR) is 78.3 cm³/mol. The zero-order chi connectivity index (χ0) is 14.7. The summed E-state index contributed by atoms with van der Waals surface area (Å²) in [6, 6.07) is 3.49. The molecule has 6 heteroatoms. The third-order valence-electron chi connectivity index (χ3n) is 3.51. The van der Waals surface area contributed by atoms with Gasteiger partial charge in [0.2, 0.25) is 0 Å². The van der Waals surface area contributed by atoms with E-state index in [1.165, 1.54) is 0 Å². The van der Waals surface area contributed by atoms with E-state index in [4.69, 9.17) is 19.9 Å². The molecule has 1 aromatic rings. The van der Waals surface area contributed by atoms with Gasteiger partial charge in [0.05, 0.1) is 24.5 Å². The number of morpholine rings is 1. The number of nitrogens with two attached hydrogens (primary N) is 1. The van der Waals surface area contributed by atoms with Crippen LogP contribution in [0.2, 0.25) is 0 Å². The average molecular weight is 290 g/mol. The first-order chi connectivity index (χ1) is 10.3. The number of carbonyl (C=O) groups excluding carboxylic acids is 1. The quantitative estimate of drug-likeness (QED) is 0.838. The fourth-order valence-corrected chi connectivity index (χ4v) is 2.38. The third-order valence-corrected chi connectivity index (χ3v) is 3.51. The zero-order valence-corrected chi connectivity index (χ0v) is 11.7. The van der Waals surface area contributed by atoms with E-state index in [9.17, 15) is 4.79 Å². The molecule has 1 aromatic carbocycles. The van der Waals surface area contributed by atoms with Gasteiger partial charge in [-0.3, -0.25) is 4.79 Å². The van der Waals surface area contributed by atoms with Crippen molar-refractivity contribution in [1.82, 2.24) is 4.90 Å². The molecular weight excluding hydrogens is 272 g/mol. The summed E-state index contributed by atoms with van der Waals surface area (Å²) in [5.41, 5.74) is 7.24. The Balaban J connectivity index is 1.68. The van der Waals surface area contributed by atoms with E-state index in [1.807, 2.05) is 12.2 Å². The number of nitrogens with zero attached hydrogens (tertiary/aromatic N) is 1. The molecule has 0 saturated carbocycles. The molecule has 2 heterocycles. The lowest BCUT2D eigenvalue weighted by atomic mass is 10.1. The number of rotatable bonds is 3. The van der Waals surface area contributed by atoms with E-state index in [0.717, 1.165) is 5.56 Å². The number of anilines is 1. The first-order valence-corrected chi connectivity index (χ1v) is 6.96. The summed E-state index contributed by atoms with van der Waals surface area (Å²) in [6.45, 7) is 2.90. The van der Waals surface area contributed by atoms with Crippen LogP contribution in [0.25, 0.3) is 6.08 Å². The van der Waals surface area contributed by atoms with Crippen molar-refractivity contribution in [1.29, 1.82) is 0 Å². The minimum Gasteiger partial charge on any atom is -0.487 e. The smallest absolute Gasteiger partial charge is 0.260 e. The highest BCUT2D eigenvalue weighted by molar-refractivity contribution is 5.79. The van der Waals surface area contributed by atoms with Crippen molar-refractivity contribution in [3.05, 3.63) is 23.8 Å². The summed E-state index contributed by atoms with van der Waals surface area (Å²) in [4.78, 5) is 13.8. The van der Waals surface area contributed by atoms with Crippen LogP contribution in [-0.2, 0) is 9.53 Å². The van der Waals surface area contributed by atoms with Crippen molar-refractivity contribution in [3.63, 3.8) is 0 Å². The van der Waals surface area contributed by atoms with Gasteiger partial charge >= 0.3 is 0 Å². The summed E-state index contributed by atoms with van der Waals surface area (Å²) in [6.07, 6.45) is 3.79. The molecule has 0 unspecified atom stereocenters. The molecule has 0 aliphatic carbocycles. The van der Waals surface area contributed by atoms with Crippen LogP contribution >= 0.6 is 0 Å². The Kier molecular flexibility index (Phi) is 3.96. The van der Waals surface area contributed by atoms with Crippen molar-refractivity contribution >= 4 is 17.7 Å². The standard InChI is InChI=1S/C15H18N2O4/c16-12-3-4-13(11-2-1-7-20-15(11)12)21-10-14(18)17-5-8-19-9-6-17/h1-4H,5-10,16H2. The first-order valence-electron chi connectivity index (χ1n) is 6.96. The highest BCUT2D eigenvalue weighted by Crippen LogP contribution is 2.37. The Bertz CT molecular complexity index is 565. The lowest BCUT2D eigenvalue weighted by molar-refractivity contribution is -0.137. The Hall–Kier alpha value is -2.21. The SMILES string of the molecule is Nc1ccc(OCC(=O)N2CCOCC2)c2c1OCC=C2. The van der Waals surface area contributed by atoms with Crippen LogP contribution in [0.5, 0.6) is 11.5 Å². The van der Waals surface area contributed by atoms with E-state index in [-0.39, 0.29) is 12.5 Å². The van der Waals surface area contributed by atoms with Gasteiger partial charge in [-0.1, -0.05) is 0 Å². The highest BCUT2D eigenvalue weighted by Gasteiger charge is 2.19. The molecule has 2 N–H and O–H groups in total. The number of hydrogen-bond acceptors (Lipinski definition) is 5. The summed E-state index contributed by atoms with van der Waals surface area (Å²) in [7, 11) is 0. The van der Waals surface area contributed by atoms with Gasteiger partial charge < -0.3 is 24.8 Å². The van der Waals surface area contributed by atoms with Gasteiger partial charge in [-0.25, -0.2) is 0 Å². The molecule has 1 saturated heterocycles. The molecule has 1 amide bonds. The van der Waals surface area contributed by atoms with Crippen LogP contribution in [0.1, 0.15) is 5.56 Å². The molecule has 0 aromatic heterocycles. The lowest BCUT2D eigenvalue weighted by Gasteiger charge is -2.27. The van der Waals surface area contributed by atoms with Crippen LogP contribution in [-0.4, -0.2) is 50.3 Å². The third kappa shape index (κ3) is 2.95. The second kappa shape index (κ2) is 6.05. The van der Waals surface area contributed by atoms with Crippen molar-refractivity contribution in [3.8, 4) is 11.5 Å². The van der Waals surface area contributed by atoms with E-state index in [2.05, 4.69) is 0 Å². The molecule has 112 valence electrons. The van der Waals surface area contributed by atoms with Crippen molar-refractivity contribution < 1.29 is 19.0 Å². The van der Waals surface area contributed by atoms with Crippen LogP contribution in [0.4, 0.5) is 5.69 Å². The molecule has 0 spiro atoms. The largest absolute Gasteiger partial charge is 0.487 e. The van der Waals surface area contributed by atoms with E-state index >= 15 is 0 Å². The van der Waals surface area contributed by atoms with Crippen molar-refractivity contribution in [2.75, 3.05) is 45.3 Å². The molecule has 2 aliphatic heterocycles. The molecular formula is C15H18N2O4. The maximum absolute atomic E-state index is 12.1. The second-order valence-corrected chi connectivity index (χ2v) is 4.89. The Morgan fingerprint density at radius 3 is 2.95 bits per heavy atom. The number of fused-ring (bicyclic) bond motifs is 1. The molecule has 1 fully saturated rings. The molecule has 21 heavy (non-hydrogen) atoms. The summed E-state index contributed by atoms with van der Waals surface area (Å²) >= 11 is 0. The maximum Gasteiger partial charge on any atom is 0.260 e. The molecule has 3 rings (SSSR count). The van der Waals surface area contributed by atoms with Gasteiger partial charge in [-0.2, -0.15) is 0 Å². The van der Waals surface area contributed by atoms with Gasteiger partial charge in [-0.05, 0) is 24.3 Å². The number of amides is 1. The van der Waals surface area contributed by atoms with Crippen LogP contribution in [0.15, 0.2) is 18.2 Å². The number of nitrogen functional groups attached to an aromatic ring is 1. The Labute approximate surface area is 123 Å². The Morgan fingerprint density at radius 1 is 1.33 bits per heavy atom. The van der Waals surface area contributed by atoms with Crippen LogP contribution in [0, 0.1) is 0 Å². The minimum atomic E-state index is -0.0374. The minimum absolute atomic E-state index is 0.00416. The maximum atomic E-state index is 12.1. The van der Waals surface area contributed by atoms with Gasteiger partial charge in [0.1, 0.15) is 12.4 Å². The first kappa shape index (κ1) is 13.8. The van der Waals surface area contributed by atoms with E-state index in [0.29, 0.717) is 50.1 Å². The fourth-order valence-electron chi connectivity index (χ4n) is 2.38. The second-order valence-electron chi connectivity index (χ2n) is 4.89. The molecule has 0 atom stereocenters. The topological polar surface area (TPSA) is 74.0 Å². The molecule has 0 bridgehead atoms. The highest BCUT2D eigenvalue weighted by atomic mass is 16.5. The lowest BCUT2D eigenvalue weighted by Crippen LogP contribution is -2.43. The average Bonchev–Trinajstić information content (AvgIpc) is 2.55. The van der Waals surface area contributed by atoms with Gasteiger partial charge in [-0.15, -0.1) is 0 Å². The van der Waals surface area contributed by atoms with Gasteiger partial charge in [0.25, 0.3) is 5.91 Å². The monoisotopic (exact) mass is 290 g/mol. The number of benzene rings is 1. The number of hydrogen-bond donors (Lipinski definition) is 1. The Morgan fingerprint density at radius 2 is 2.14 bits per heavy atom. The molecule has 6 nitrogen and oxygen atoms in total. The number of carbonyl (C=O) groups is 1. The normalized spacial score (nSPS) is 17.0. The van der Waals surface area contributed by atoms with Crippen LogP contribution in [0.3, 0.4) is 0 Å². The van der Waals surface area contributed by atoms with Crippen LogP contribution < -0.4 is 15.2 Å². The summed E-state index contributed by atoms with van der Waals surface area (Å²) in [5, 5.41) is 0. The van der Waals surface area contributed by atoms with Crippen molar-refractivity contribution in [2.45, 2.75) is 0 Å². The summed E-state index contributed by atoms with van der Waals surface area (Å²) in [5.74, 6) is 1.19.